The van der Waals surface area contributed by atoms with Crippen molar-refractivity contribution in [3.8, 4) is 5.75 Å². The van der Waals surface area contributed by atoms with Crippen molar-refractivity contribution >= 4 is 5.96 Å². The summed E-state index contributed by atoms with van der Waals surface area (Å²) in [6.07, 6.45) is -3.96. The van der Waals surface area contributed by atoms with Gasteiger partial charge in [-0.3, -0.25) is 4.99 Å². The molecule has 1 aromatic carbocycles. The highest BCUT2D eigenvalue weighted by Gasteiger charge is 2.31. The van der Waals surface area contributed by atoms with Crippen LogP contribution in [0.1, 0.15) is 12.0 Å². The Morgan fingerprint density at radius 2 is 1.88 bits per heavy atom. The van der Waals surface area contributed by atoms with Crippen molar-refractivity contribution < 1.29 is 27.4 Å². The number of hydrogen-bond donors (Lipinski definition) is 2. The molecule has 25 heavy (non-hydrogen) atoms. The molecular weight excluding hydrogens is 339 g/mol. The van der Waals surface area contributed by atoms with Gasteiger partial charge in [-0.2, -0.15) is 0 Å². The molecule has 0 atom stereocenters. The van der Waals surface area contributed by atoms with Crippen LogP contribution in [0.5, 0.6) is 5.75 Å². The van der Waals surface area contributed by atoms with Crippen LogP contribution in [0.3, 0.4) is 0 Å². The van der Waals surface area contributed by atoms with Crippen molar-refractivity contribution in [2.75, 3.05) is 40.5 Å². The van der Waals surface area contributed by atoms with E-state index in [2.05, 4.69) is 20.4 Å². The quantitative estimate of drug-likeness (QED) is 0.379. The lowest BCUT2D eigenvalue weighted by atomic mass is 10.2. The lowest BCUT2D eigenvalue weighted by Gasteiger charge is -2.15. The Labute approximate surface area is 145 Å². The van der Waals surface area contributed by atoms with E-state index in [4.69, 9.17) is 9.47 Å². The number of benzene rings is 1. The summed E-state index contributed by atoms with van der Waals surface area (Å²) >= 11 is 0. The van der Waals surface area contributed by atoms with E-state index in [1.807, 2.05) is 0 Å². The van der Waals surface area contributed by atoms with E-state index < -0.39 is 6.36 Å². The number of rotatable bonds is 10. The van der Waals surface area contributed by atoms with Gasteiger partial charge in [0.2, 0.25) is 0 Å². The minimum absolute atomic E-state index is 0.149. The van der Waals surface area contributed by atoms with E-state index in [0.717, 1.165) is 6.42 Å². The third-order valence-corrected chi connectivity index (χ3v) is 3.06. The molecule has 0 unspecified atom stereocenters. The van der Waals surface area contributed by atoms with E-state index >= 15 is 0 Å². The molecule has 2 N–H and O–H groups in total. The summed E-state index contributed by atoms with van der Waals surface area (Å²) in [5.41, 5.74) is 0.380. The highest BCUT2D eigenvalue weighted by molar-refractivity contribution is 5.79. The molecule has 6 nitrogen and oxygen atoms in total. The molecule has 0 aromatic heterocycles. The molecule has 142 valence electrons. The number of guanidine groups is 1. The Balaban J connectivity index is 2.38. The molecule has 0 aliphatic carbocycles. The fourth-order valence-electron chi connectivity index (χ4n) is 1.90. The summed E-state index contributed by atoms with van der Waals surface area (Å²) in [6, 6.07) is 5.97. The van der Waals surface area contributed by atoms with Crippen LogP contribution in [0.4, 0.5) is 13.2 Å². The minimum atomic E-state index is -4.72. The van der Waals surface area contributed by atoms with Crippen LogP contribution >= 0.6 is 0 Å². The number of ether oxygens (including phenoxy) is 3. The summed E-state index contributed by atoms with van der Waals surface area (Å²) in [5.74, 6) is 0.253. The predicted octanol–water partition coefficient (Wildman–Crippen LogP) is 2.30. The predicted molar refractivity (Wildman–Crippen MR) is 88.6 cm³/mol. The Kier molecular flexibility index (Phi) is 9.71. The normalized spacial score (nSPS) is 12.1. The zero-order valence-electron chi connectivity index (χ0n) is 14.4. The van der Waals surface area contributed by atoms with Crippen molar-refractivity contribution in [2.24, 2.45) is 4.99 Å². The number of para-hydroxylation sites is 1. The standard InChI is InChI=1S/C16H24F3N3O3/c1-20-15(21-8-5-9-24-11-10-23-2)22-12-13-6-3-4-7-14(13)25-16(17,18)19/h3-4,6-7H,5,8-12H2,1-2H3,(H2,20,21,22). The molecule has 0 radical (unpaired) electrons. The SMILES string of the molecule is CN=C(NCCCOCCOC)NCc1ccccc1OC(F)(F)F. The third-order valence-electron chi connectivity index (χ3n) is 3.06. The summed E-state index contributed by atoms with van der Waals surface area (Å²) in [6.45, 7) is 2.44. The van der Waals surface area contributed by atoms with Crippen molar-refractivity contribution in [1.82, 2.24) is 10.6 Å². The highest BCUT2D eigenvalue weighted by Crippen LogP contribution is 2.25. The first-order chi connectivity index (χ1) is 12.0. The molecule has 0 aliphatic heterocycles. The smallest absolute Gasteiger partial charge is 0.405 e. The van der Waals surface area contributed by atoms with Gasteiger partial charge in [-0.15, -0.1) is 13.2 Å². The Hall–Kier alpha value is -2.00. The Morgan fingerprint density at radius 1 is 1.12 bits per heavy atom. The van der Waals surface area contributed by atoms with Crippen LogP contribution in [0.15, 0.2) is 29.3 Å². The van der Waals surface area contributed by atoms with Crippen molar-refractivity contribution in [3.05, 3.63) is 29.8 Å². The fourth-order valence-corrected chi connectivity index (χ4v) is 1.90. The molecular formula is C16H24F3N3O3. The monoisotopic (exact) mass is 363 g/mol. The van der Waals surface area contributed by atoms with E-state index in [1.165, 1.54) is 12.1 Å². The topological polar surface area (TPSA) is 64.1 Å². The fraction of sp³-hybridized carbons (Fsp3) is 0.562. The van der Waals surface area contributed by atoms with E-state index in [9.17, 15) is 13.2 Å². The van der Waals surface area contributed by atoms with Crippen LogP contribution in [0, 0.1) is 0 Å². The summed E-state index contributed by atoms with van der Waals surface area (Å²) in [4.78, 5) is 4.03. The first kappa shape index (κ1) is 21.0. The van der Waals surface area contributed by atoms with Crippen molar-refractivity contribution in [1.29, 1.82) is 0 Å². The van der Waals surface area contributed by atoms with Gasteiger partial charge < -0.3 is 24.8 Å². The average Bonchev–Trinajstić information content (AvgIpc) is 2.56. The van der Waals surface area contributed by atoms with E-state index in [0.29, 0.717) is 37.9 Å². The second-order valence-electron chi connectivity index (χ2n) is 4.97. The number of methoxy groups -OCH3 is 1. The Bertz CT molecular complexity index is 525. The van der Waals surface area contributed by atoms with Crippen LogP contribution < -0.4 is 15.4 Å². The average molecular weight is 363 g/mol. The van der Waals surface area contributed by atoms with Crippen molar-refractivity contribution in [3.63, 3.8) is 0 Å². The Morgan fingerprint density at radius 3 is 2.56 bits per heavy atom. The summed E-state index contributed by atoms with van der Waals surface area (Å²) < 4.78 is 51.4. The van der Waals surface area contributed by atoms with E-state index in [1.54, 1.807) is 26.3 Å². The van der Waals surface area contributed by atoms with Crippen LogP contribution in [0.2, 0.25) is 0 Å². The summed E-state index contributed by atoms with van der Waals surface area (Å²) in [5, 5.41) is 6.02. The van der Waals surface area contributed by atoms with Crippen molar-refractivity contribution in [2.45, 2.75) is 19.3 Å². The van der Waals surface area contributed by atoms with Gasteiger partial charge in [0.1, 0.15) is 5.75 Å². The molecule has 0 fully saturated rings. The number of alkyl halides is 3. The number of aliphatic imine (C=N–C) groups is 1. The maximum absolute atomic E-state index is 12.4. The molecule has 0 saturated heterocycles. The minimum Gasteiger partial charge on any atom is -0.405 e. The second-order valence-corrected chi connectivity index (χ2v) is 4.97. The maximum atomic E-state index is 12.4. The third kappa shape index (κ3) is 9.78. The van der Waals surface area contributed by atoms with Gasteiger partial charge in [0.05, 0.1) is 13.2 Å². The number of nitrogens with zero attached hydrogens (tertiary/aromatic N) is 1. The molecule has 0 amide bonds. The number of nitrogens with one attached hydrogen (secondary N) is 2. The van der Waals surface area contributed by atoms with Crippen LogP contribution in [-0.2, 0) is 16.0 Å². The first-order valence-corrected chi connectivity index (χ1v) is 7.81. The number of halogens is 3. The molecule has 1 rings (SSSR count). The lowest BCUT2D eigenvalue weighted by molar-refractivity contribution is -0.274. The zero-order valence-corrected chi connectivity index (χ0v) is 14.4. The van der Waals surface area contributed by atoms with E-state index in [-0.39, 0.29) is 12.3 Å². The first-order valence-electron chi connectivity index (χ1n) is 7.81. The second kappa shape index (κ2) is 11.5. The molecule has 1 aromatic rings. The van der Waals surface area contributed by atoms with Gasteiger partial charge in [-0.05, 0) is 12.5 Å². The van der Waals surface area contributed by atoms with Crippen LogP contribution in [0.25, 0.3) is 0 Å². The van der Waals surface area contributed by atoms with Gasteiger partial charge in [-0.25, -0.2) is 0 Å². The molecule has 0 aliphatic rings. The van der Waals surface area contributed by atoms with Gasteiger partial charge in [0.15, 0.2) is 5.96 Å². The molecule has 0 bridgehead atoms. The molecule has 0 heterocycles. The molecule has 0 saturated carbocycles. The molecule has 9 heteroatoms. The maximum Gasteiger partial charge on any atom is 0.573 e. The van der Waals surface area contributed by atoms with Crippen LogP contribution in [-0.4, -0.2) is 52.8 Å². The van der Waals surface area contributed by atoms with Gasteiger partial charge in [-0.1, -0.05) is 18.2 Å². The van der Waals surface area contributed by atoms with Gasteiger partial charge in [0.25, 0.3) is 0 Å². The zero-order chi connectivity index (χ0) is 18.5. The van der Waals surface area contributed by atoms with Gasteiger partial charge in [0, 0.05) is 39.4 Å². The van der Waals surface area contributed by atoms with Gasteiger partial charge >= 0.3 is 6.36 Å². The lowest BCUT2D eigenvalue weighted by Crippen LogP contribution is -2.37. The molecule has 0 spiro atoms. The highest BCUT2D eigenvalue weighted by atomic mass is 19.4. The summed E-state index contributed by atoms with van der Waals surface area (Å²) in [7, 11) is 3.20. The largest absolute Gasteiger partial charge is 0.573 e. The number of hydrogen-bond acceptors (Lipinski definition) is 4.